The van der Waals surface area contributed by atoms with Crippen molar-refractivity contribution in [1.82, 2.24) is 19.1 Å². The highest BCUT2D eigenvalue weighted by atomic mass is 15.1. The number of hydrogen-bond donors (Lipinski definition) is 0. The van der Waals surface area contributed by atoms with E-state index < -0.39 is 0 Å². The maximum atomic E-state index is 4.77. The lowest BCUT2D eigenvalue weighted by atomic mass is 9.72. The molecule has 1 aliphatic rings. The molecule has 4 nitrogen and oxygen atoms in total. The number of nitrogens with zero attached hydrogens (tertiary/aromatic N) is 4. The van der Waals surface area contributed by atoms with Gasteiger partial charge in [-0.1, -0.05) is 62.4 Å². The third-order valence-electron chi connectivity index (χ3n) is 9.47. The van der Waals surface area contributed by atoms with Crippen LogP contribution in [0.5, 0.6) is 0 Å². The maximum absolute atomic E-state index is 4.77. The highest BCUT2D eigenvalue weighted by Crippen LogP contribution is 2.51. The topological polar surface area (TPSA) is 35.6 Å². The van der Waals surface area contributed by atoms with Crippen LogP contribution in [0, 0.1) is 0 Å². The minimum atomic E-state index is 0.385. The largest absolute Gasteiger partial charge is 0.294 e. The van der Waals surface area contributed by atoms with E-state index in [1.807, 2.05) is 24.5 Å². The monoisotopic (exact) mass is 540 g/mol. The minimum Gasteiger partial charge on any atom is -0.294 e. The molecule has 1 aliphatic carbocycles. The molecule has 0 fully saturated rings. The molecule has 0 radical (unpaired) electrons. The first-order chi connectivity index (χ1) is 20.7. The Morgan fingerprint density at radius 2 is 0.881 bits per heavy atom. The van der Waals surface area contributed by atoms with Crippen LogP contribution in [0.4, 0.5) is 0 Å². The Bertz CT molecular complexity index is 2160. The fourth-order valence-electron chi connectivity index (χ4n) is 7.29. The number of pyridine rings is 2. The summed E-state index contributed by atoms with van der Waals surface area (Å²) in [6, 6.07) is 39.4. The molecule has 4 heterocycles. The lowest BCUT2D eigenvalue weighted by Crippen LogP contribution is -2.13. The van der Waals surface area contributed by atoms with E-state index >= 15 is 0 Å². The number of para-hydroxylation sites is 2. The summed E-state index contributed by atoms with van der Waals surface area (Å²) in [5.74, 6) is 2.64. The van der Waals surface area contributed by atoms with Crippen molar-refractivity contribution >= 4 is 43.6 Å². The van der Waals surface area contributed by atoms with E-state index in [0.717, 1.165) is 11.6 Å². The van der Waals surface area contributed by atoms with Crippen molar-refractivity contribution in [2.75, 3.05) is 0 Å². The van der Waals surface area contributed by atoms with E-state index in [4.69, 9.17) is 9.97 Å². The Balaban J connectivity index is 1.41. The molecular weight excluding hydrogens is 512 g/mol. The van der Waals surface area contributed by atoms with Crippen molar-refractivity contribution in [3.63, 3.8) is 0 Å². The summed E-state index contributed by atoms with van der Waals surface area (Å²) >= 11 is 0. The molecule has 0 saturated carbocycles. The van der Waals surface area contributed by atoms with E-state index in [2.05, 4.69) is 120 Å². The van der Waals surface area contributed by atoms with E-state index in [9.17, 15) is 0 Å². The number of rotatable bonds is 2. The lowest BCUT2D eigenvalue weighted by Gasteiger charge is -2.32. The van der Waals surface area contributed by atoms with Crippen LogP contribution in [-0.2, 0) is 0 Å². The highest BCUT2D eigenvalue weighted by molar-refractivity contribution is 6.13. The van der Waals surface area contributed by atoms with Gasteiger partial charge in [0.15, 0.2) is 0 Å². The summed E-state index contributed by atoms with van der Waals surface area (Å²) < 4.78 is 4.63. The molecule has 200 valence electrons. The number of hydrogen-bond acceptors (Lipinski definition) is 2. The Morgan fingerprint density at radius 3 is 1.31 bits per heavy atom. The molecule has 0 amide bonds. The van der Waals surface area contributed by atoms with Gasteiger partial charge in [-0.25, -0.2) is 9.97 Å². The third-order valence-corrected chi connectivity index (χ3v) is 9.47. The maximum Gasteiger partial charge on any atom is 0.137 e. The van der Waals surface area contributed by atoms with Crippen molar-refractivity contribution in [2.45, 2.75) is 25.7 Å². The fraction of sp³-hybridized carbons (Fsp3) is 0.105. The molecular formula is C38H28N4. The second-order valence-electron chi connectivity index (χ2n) is 11.6. The van der Waals surface area contributed by atoms with Gasteiger partial charge in [-0.05, 0) is 94.8 Å². The fourth-order valence-corrected chi connectivity index (χ4v) is 7.29. The van der Waals surface area contributed by atoms with Crippen molar-refractivity contribution in [1.29, 1.82) is 0 Å². The zero-order valence-electron chi connectivity index (χ0n) is 23.5. The minimum absolute atomic E-state index is 0.385. The standard InChI is InChI=1S/C38H28N4/c1-23-24(2)28-20-32-26-12-4-6-14-34(26)42(38-16-8-10-18-40-38)36(32)22-30(28)29-21-35-31(19-27(23)29)25-11-3-5-13-33(25)41(35)37-15-7-9-17-39-37/h3-24H,1-2H3. The van der Waals surface area contributed by atoms with Crippen LogP contribution in [0.25, 0.3) is 66.4 Å². The first kappa shape index (κ1) is 23.5. The van der Waals surface area contributed by atoms with Gasteiger partial charge in [-0.15, -0.1) is 0 Å². The smallest absolute Gasteiger partial charge is 0.137 e. The molecule has 8 aromatic rings. The zero-order valence-corrected chi connectivity index (χ0v) is 23.5. The number of fused-ring (bicyclic) bond motifs is 9. The zero-order chi connectivity index (χ0) is 27.9. The summed E-state index contributed by atoms with van der Waals surface area (Å²) in [6.07, 6.45) is 3.75. The predicted octanol–water partition coefficient (Wildman–Crippen LogP) is 9.56. The van der Waals surface area contributed by atoms with Gasteiger partial charge in [0, 0.05) is 33.9 Å². The SMILES string of the molecule is CC1c2cc3c4ccccc4n(-c4ccccn4)c3cc2-c2cc3c(cc2C1C)c1ccccc1n3-c1ccccn1. The Labute approximate surface area is 243 Å². The Hall–Kier alpha value is -5.22. The molecule has 0 N–H and O–H groups in total. The van der Waals surface area contributed by atoms with Crippen LogP contribution in [0.2, 0.25) is 0 Å². The van der Waals surface area contributed by atoms with E-state index in [0.29, 0.717) is 11.8 Å². The second kappa shape index (κ2) is 8.64. The van der Waals surface area contributed by atoms with Gasteiger partial charge in [-0.3, -0.25) is 9.13 Å². The van der Waals surface area contributed by atoms with Gasteiger partial charge in [0.25, 0.3) is 0 Å². The first-order valence-corrected chi connectivity index (χ1v) is 14.7. The highest BCUT2D eigenvalue weighted by Gasteiger charge is 2.31. The van der Waals surface area contributed by atoms with Gasteiger partial charge in [-0.2, -0.15) is 0 Å². The van der Waals surface area contributed by atoms with Crippen LogP contribution in [-0.4, -0.2) is 19.1 Å². The van der Waals surface area contributed by atoms with Gasteiger partial charge in [0.2, 0.25) is 0 Å². The first-order valence-electron chi connectivity index (χ1n) is 14.7. The van der Waals surface area contributed by atoms with Crippen molar-refractivity contribution in [3.8, 4) is 22.8 Å². The van der Waals surface area contributed by atoms with Gasteiger partial charge < -0.3 is 0 Å². The molecule has 9 rings (SSSR count). The number of aromatic nitrogens is 4. The van der Waals surface area contributed by atoms with E-state index in [1.54, 1.807) is 0 Å². The molecule has 42 heavy (non-hydrogen) atoms. The summed E-state index contributed by atoms with van der Waals surface area (Å²) in [4.78, 5) is 9.54. The molecule has 0 spiro atoms. The molecule has 4 aromatic heterocycles. The number of benzene rings is 4. The normalized spacial score (nSPS) is 16.3. The summed E-state index contributed by atoms with van der Waals surface area (Å²) in [5.41, 5.74) is 10.2. The van der Waals surface area contributed by atoms with Crippen molar-refractivity contribution in [2.24, 2.45) is 0 Å². The average Bonchev–Trinajstić information content (AvgIpc) is 3.55. The molecule has 0 saturated heterocycles. The summed E-state index contributed by atoms with van der Waals surface area (Å²) in [7, 11) is 0. The van der Waals surface area contributed by atoms with Crippen LogP contribution in [0.1, 0.15) is 36.8 Å². The summed E-state index contributed by atoms with van der Waals surface area (Å²) in [5, 5.41) is 5.08. The molecule has 0 aliphatic heterocycles. The van der Waals surface area contributed by atoms with Crippen LogP contribution in [0.3, 0.4) is 0 Å². The quantitative estimate of drug-likeness (QED) is 0.219. The van der Waals surface area contributed by atoms with Crippen molar-refractivity contribution in [3.05, 3.63) is 133 Å². The van der Waals surface area contributed by atoms with E-state index in [1.165, 1.54) is 65.9 Å². The van der Waals surface area contributed by atoms with Crippen LogP contribution >= 0.6 is 0 Å². The van der Waals surface area contributed by atoms with Crippen molar-refractivity contribution < 1.29 is 0 Å². The van der Waals surface area contributed by atoms with Crippen LogP contribution in [0.15, 0.2) is 122 Å². The molecule has 4 heteroatoms. The predicted molar refractivity (Wildman–Crippen MR) is 173 cm³/mol. The molecule has 2 unspecified atom stereocenters. The summed E-state index contributed by atoms with van der Waals surface area (Å²) in [6.45, 7) is 4.77. The average molecular weight is 541 g/mol. The lowest BCUT2D eigenvalue weighted by molar-refractivity contribution is 0.617. The van der Waals surface area contributed by atoms with Gasteiger partial charge in [0.05, 0.1) is 22.1 Å². The van der Waals surface area contributed by atoms with Crippen LogP contribution < -0.4 is 0 Å². The third kappa shape index (κ3) is 3.12. The molecule has 4 aromatic carbocycles. The Morgan fingerprint density at radius 1 is 0.452 bits per heavy atom. The van der Waals surface area contributed by atoms with Gasteiger partial charge >= 0.3 is 0 Å². The molecule has 2 atom stereocenters. The second-order valence-corrected chi connectivity index (χ2v) is 11.6. The van der Waals surface area contributed by atoms with E-state index in [-0.39, 0.29) is 0 Å². The van der Waals surface area contributed by atoms with Gasteiger partial charge in [0.1, 0.15) is 11.6 Å². The Kier molecular flexibility index (Phi) is 4.83. The molecule has 0 bridgehead atoms.